The molecule has 0 saturated carbocycles. The quantitative estimate of drug-likeness (QED) is 0.467. The van der Waals surface area contributed by atoms with E-state index < -0.39 is 39.6 Å². The molecule has 198 valence electrons. The highest BCUT2D eigenvalue weighted by atomic mass is 32.2. The number of cyclic esters (lactones) is 1. The summed E-state index contributed by atoms with van der Waals surface area (Å²) in [5.41, 5.74) is 3.34. The number of hydrogen-bond acceptors (Lipinski definition) is 10. The highest BCUT2D eigenvalue weighted by molar-refractivity contribution is 7.91. The second-order valence-corrected chi connectivity index (χ2v) is 11.7. The summed E-state index contributed by atoms with van der Waals surface area (Å²) in [6.45, 7) is 0.594. The number of pyridine rings is 1. The van der Waals surface area contributed by atoms with E-state index in [0.717, 1.165) is 0 Å². The van der Waals surface area contributed by atoms with Gasteiger partial charge in [0.05, 0.1) is 47.9 Å². The second-order valence-electron chi connectivity index (χ2n) is 9.50. The van der Waals surface area contributed by atoms with Crippen LogP contribution in [0.15, 0.2) is 55.0 Å². The third-order valence-corrected chi connectivity index (χ3v) is 8.58. The van der Waals surface area contributed by atoms with Gasteiger partial charge in [-0.3, -0.25) is 20.2 Å². The molecule has 0 radical (unpaired) electrons. The monoisotopic (exact) mass is 542 g/mol. The van der Waals surface area contributed by atoms with Crippen LogP contribution in [0.2, 0.25) is 0 Å². The van der Waals surface area contributed by atoms with E-state index in [0.29, 0.717) is 34.8 Å². The van der Waals surface area contributed by atoms with Crippen molar-refractivity contribution in [3.8, 4) is 11.1 Å². The number of carbonyl (C=O) groups is 1. The molecule has 2 saturated heterocycles. The van der Waals surface area contributed by atoms with E-state index in [4.69, 9.17) is 9.57 Å². The maximum Gasteiger partial charge on any atom is 0.414 e. The largest absolute Gasteiger partial charge is 0.442 e. The molecular weight excluding hydrogens is 519 g/mol. The predicted octanol–water partition coefficient (Wildman–Crippen LogP) is 1.30. The summed E-state index contributed by atoms with van der Waals surface area (Å²) in [7, 11) is -3.31. The van der Waals surface area contributed by atoms with Crippen LogP contribution in [0.25, 0.3) is 16.8 Å². The number of hydroxylamine groups is 1. The van der Waals surface area contributed by atoms with Crippen molar-refractivity contribution in [2.75, 3.05) is 23.0 Å². The second kappa shape index (κ2) is 9.15. The van der Waals surface area contributed by atoms with Gasteiger partial charge in [0.25, 0.3) is 0 Å². The SMILES string of the molecule is O=C1O[C@@H](Cn2ccnn2)CN1c1ccc(-c2ccc(C3=CC(C4(O)CCS(=O)(=O)C4)ON3)nc2)c(F)c1. The van der Waals surface area contributed by atoms with Crippen LogP contribution in [0, 0.1) is 5.82 Å². The molecule has 3 aliphatic heterocycles. The number of nitrogens with one attached hydrogen (secondary N) is 1. The van der Waals surface area contributed by atoms with Crippen molar-refractivity contribution < 1.29 is 32.3 Å². The fourth-order valence-corrected chi connectivity index (χ4v) is 6.69. The van der Waals surface area contributed by atoms with Gasteiger partial charge < -0.3 is 9.84 Å². The Balaban J connectivity index is 1.15. The average molecular weight is 543 g/mol. The van der Waals surface area contributed by atoms with Crippen molar-refractivity contribution >= 4 is 27.3 Å². The summed E-state index contributed by atoms with van der Waals surface area (Å²) in [4.78, 5) is 23.5. The molecular formula is C24H23FN6O6S. The lowest BCUT2D eigenvalue weighted by molar-refractivity contribution is -0.0826. The number of hydrogen-bond donors (Lipinski definition) is 2. The Morgan fingerprint density at radius 1 is 1.26 bits per heavy atom. The van der Waals surface area contributed by atoms with Gasteiger partial charge in [0.2, 0.25) is 0 Å². The third-order valence-electron chi connectivity index (χ3n) is 6.81. The molecule has 0 spiro atoms. The van der Waals surface area contributed by atoms with E-state index in [9.17, 15) is 18.3 Å². The van der Waals surface area contributed by atoms with E-state index in [1.165, 1.54) is 23.4 Å². The molecule has 2 unspecified atom stereocenters. The summed E-state index contributed by atoms with van der Waals surface area (Å²) in [5, 5.41) is 18.3. The lowest BCUT2D eigenvalue weighted by atomic mass is 9.95. The molecule has 2 N–H and O–H groups in total. The summed E-state index contributed by atoms with van der Waals surface area (Å²) >= 11 is 0. The van der Waals surface area contributed by atoms with Gasteiger partial charge in [0.15, 0.2) is 9.84 Å². The van der Waals surface area contributed by atoms with Gasteiger partial charge in [-0.2, -0.15) is 0 Å². The maximum absolute atomic E-state index is 15.1. The van der Waals surface area contributed by atoms with Crippen molar-refractivity contribution in [1.29, 1.82) is 0 Å². The number of aromatic nitrogens is 4. The molecule has 5 heterocycles. The zero-order valence-corrected chi connectivity index (χ0v) is 20.7. The number of aliphatic hydroxyl groups is 1. The first-order valence-electron chi connectivity index (χ1n) is 11.8. The maximum atomic E-state index is 15.1. The predicted molar refractivity (Wildman–Crippen MR) is 131 cm³/mol. The van der Waals surface area contributed by atoms with Gasteiger partial charge in [-0.1, -0.05) is 11.3 Å². The first-order chi connectivity index (χ1) is 18.2. The summed E-state index contributed by atoms with van der Waals surface area (Å²) in [5.74, 6) is -0.988. The van der Waals surface area contributed by atoms with Crippen molar-refractivity contribution in [3.05, 3.63) is 66.5 Å². The number of nitrogens with zero attached hydrogens (tertiary/aromatic N) is 5. The van der Waals surface area contributed by atoms with Crippen LogP contribution in [0.3, 0.4) is 0 Å². The van der Waals surface area contributed by atoms with E-state index in [-0.39, 0.29) is 24.5 Å². The number of ether oxygens (including phenoxy) is 1. The molecule has 3 atom stereocenters. The van der Waals surface area contributed by atoms with E-state index in [1.54, 1.807) is 41.2 Å². The van der Waals surface area contributed by atoms with E-state index >= 15 is 4.39 Å². The number of anilines is 1. The van der Waals surface area contributed by atoms with Crippen LogP contribution in [0.4, 0.5) is 14.9 Å². The van der Waals surface area contributed by atoms with Crippen molar-refractivity contribution in [1.82, 2.24) is 25.5 Å². The smallest absolute Gasteiger partial charge is 0.414 e. The van der Waals surface area contributed by atoms with Gasteiger partial charge in [0, 0.05) is 23.5 Å². The molecule has 1 aromatic carbocycles. The van der Waals surface area contributed by atoms with Crippen LogP contribution < -0.4 is 10.4 Å². The molecule has 1 amide bonds. The van der Waals surface area contributed by atoms with Crippen LogP contribution in [-0.2, 0) is 26.0 Å². The van der Waals surface area contributed by atoms with Crippen molar-refractivity contribution in [2.24, 2.45) is 0 Å². The number of rotatable bonds is 6. The van der Waals surface area contributed by atoms with Crippen LogP contribution in [-0.4, -0.2) is 75.5 Å². The number of sulfone groups is 1. The Morgan fingerprint density at radius 3 is 2.82 bits per heavy atom. The van der Waals surface area contributed by atoms with Crippen LogP contribution in [0.1, 0.15) is 12.1 Å². The molecule has 2 fully saturated rings. The normalized spacial score (nSPS) is 26.3. The Bertz CT molecular complexity index is 1510. The summed E-state index contributed by atoms with van der Waals surface area (Å²) in [6.07, 6.45) is 4.54. The van der Waals surface area contributed by atoms with Gasteiger partial charge in [0.1, 0.15) is 23.6 Å². The standard InChI is InChI=1S/C24H23FN6O6S/c25-19-9-16(31-13-17(36-23(31)32)12-30-7-6-27-29-30)2-3-18(19)15-1-4-20(26-11-15)21-10-22(37-28-21)24(33)5-8-38(34,35)14-24/h1-4,6-7,9-11,17,22,28,33H,5,8,12-14H2/t17-,22?,24?/m0/s1. The lowest BCUT2D eigenvalue weighted by Crippen LogP contribution is -2.43. The minimum Gasteiger partial charge on any atom is -0.442 e. The van der Waals surface area contributed by atoms with Crippen molar-refractivity contribution in [3.63, 3.8) is 0 Å². The topological polar surface area (TPSA) is 149 Å². The van der Waals surface area contributed by atoms with Gasteiger partial charge >= 0.3 is 6.09 Å². The van der Waals surface area contributed by atoms with Crippen LogP contribution >= 0.6 is 0 Å². The van der Waals surface area contributed by atoms with E-state index in [2.05, 4.69) is 20.8 Å². The molecule has 3 aliphatic rings. The zero-order valence-electron chi connectivity index (χ0n) is 19.9. The molecule has 0 bridgehead atoms. The van der Waals surface area contributed by atoms with Gasteiger partial charge in [-0.15, -0.1) is 5.10 Å². The van der Waals surface area contributed by atoms with Crippen molar-refractivity contribution in [2.45, 2.75) is 30.8 Å². The fraction of sp³-hybridized carbons (Fsp3) is 0.333. The first-order valence-corrected chi connectivity index (χ1v) is 13.7. The van der Waals surface area contributed by atoms with Gasteiger partial charge in [-0.25, -0.2) is 22.3 Å². The molecule has 3 aromatic rings. The highest BCUT2D eigenvalue weighted by Crippen LogP contribution is 2.34. The first kappa shape index (κ1) is 24.5. The summed E-state index contributed by atoms with van der Waals surface area (Å²) in [6, 6.07) is 7.83. The van der Waals surface area contributed by atoms with Gasteiger partial charge in [-0.05, 0) is 36.8 Å². The molecule has 14 heteroatoms. The average Bonchev–Trinajstić information content (AvgIpc) is 3.68. The molecule has 2 aromatic heterocycles. The Labute approximate surface area is 216 Å². The lowest BCUT2D eigenvalue weighted by Gasteiger charge is -2.24. The number of benzene rings is 1. The summed E-state index contributed by atoms with van der Waals surface area (Å²) < 4.78 is 45.7. The fourth-order valence-electron chi connectivity index (χ4n) is 4.82. The third kappa shape index (κ3) is 4.61. The number of amides is 1. The minimum atomic E-state index is -3.31. The Hall–Kier alpha value is -3.88. The Kier molecular flexibility index (Phi) is 5.89. The molecule has 12 nitrogen and oxygen atoms in total. The van der Waals surface area contributed by atoms with E-state index in [1.807, 2.05) is 0 Å². The Morgan fingerprint density at radius 2 is 2.13 bits per heavy atom. The molecule has 6 rings (SSSR count). The molecule has 0 aliphatic carbocycles. The molecule has 38 heavy (non-hydrogen) atoms. The number of halogens is 1. The zero-order chi connectivity index (χ0) is 26.5. The number of carbonyl (C=O) groups excluding carboxylic acids is 1. The van der Waals surface area contributed by atoms with Crippen LogP contribution in [0.5, 0.6) is 0 Å². The minimum absolute atomic E-state index is 0.0880. The highest BCUT2D eigenvalue weighted by Gasteiger charge is 2.48.